The van der Waals surface area contributed by atoms with Crippen LogP contribution in [-0.2, 0) is 5.54 Å². The van der Waals surface area contributed by atoms with E-state index in [0.717, 1.165) is 32.7 Å². The van der Waals surface area contributed by atoms with Gasteiger partial charge in [0.25, 0.3) is 0 Å². The smallest absolute Gasteiger partial charge is 0.113 e. The van der Waals surface area contributed by atoms with Crippen LogP contribution in [0.1, 0.15) is 36.0 Å². The summed E-state index contributed by atoms with van der Waals surface area (Å²) in [5.74, 6) is 0. The Kier molecular flexibility index (Phi) is 3.34. The first kappa shape index (κ1) is 12.7. The molecule has 0 aliphatic heterocycles. The van der Waals surface area contributed by atoms with E-state index in [0.29, 0.717) is 0 Å². The number of nitrogens with zero attached hydrogens (tertiary/aromatic N) is 2. The van der Waals surface area contributed by atoms with Gasteiger partial charge in [0, 0.05) is 5.38 Å². The summed E-state index contributed by atoms with van der Waals surface area (Å²) in [5, 5.41) is 4.16. The molecule has 0 amide bonds. The van der Waals surface area contributed by atoms with Crippen LogP contribution in [0.5, 0.6) is 0 Å². The fourth-order valence-electron chi connectivity index (χ4n) is 1.56. The summed E-state index contributed by atoms with van der Waals surface area (Å²) in [7, 11) is 0. The van der Waals surface area contributed by atoms with Gasteiger partial charge in [0.15, 0.2) is 0 Å². The van der Waals surface area contributed by atoms with E-state index in [2.05, 4.69) is 22.3 Å². The zero-order valence-corrected chi connectivity index (χ0v) is 12.2. The van der Waals surface area contributed by atoms with Crippen molar-refractivity contribution in [3.8, 4) is 10.6 Å². The number of aromatic nitrogens is 2. The molecule has 1 unspecified atom stereocenters. The molecule has 2 heterocycles. The highest BCUT2D eigenvalue weighted by molar-refractivity contribution is 7.16. The number of aryl methyl sites for hydroxylation is 2. The predicted molar refractivity (Wildman–Crippen MR) is 74.5 cm³/mol. The lowest BCUT2D eigenvalue weighted by atomic mass is 10.0. The largest absolute Gasteiger partial charge is 0.320 e. The highest BCUT2D eigenvalue weighted by Gasteiger charge is 2.23. The normalized spacial score (nSPS) is 14.9. The van der Waals surface area contributed by atoms with Gasteiger partial charge < -0.3 is 5.73 Å². The van der Waals surface area contributed by atoms with Crippen LogP contribution in [0, 0.1) is 13.8 Å². The van der Waals surface area contributed by atoms with Crippen molar-refractivity contribution in [3.63, 3.8) is 0 Å². The Morgan fingerprint density at radius 3 is 2.59 bits per heavy atom. The van der Waals surface area contributed by atoms with Gasteiger partial charge in [0.2, 0.25) is 0 Å². The first-order valence-electron chi connectivity index (χ1n) is 5.63. The molecule has 2 rings (SSSR count). The molecule has 0 bridgehead atoms. The van der Waals surface area contributed by atoms with Gasteiger partial charge in [-0.2, -0.15) is 0 Å². The molecule has 0 saturated heterocycles. The van der Waals surface area contributed by atoms with E-state index in [9.17, 15) is 0 Å². The molecular formula is C12H17N3S2. The maximum Gasteiger partial charge on any atom is 0.113 e. The van der Waals surface area contributed by atoms with Gasteiger partial charge in [0.1, 0.15) is 5.01 Å². The summed E-state index contributed by atoms with van der Waals surface area (Å²) in [6.45, 7) is 8.16. The number of thiazole rings is 2. The molecule has 0 aromatic carbocycles. The van der Waals surface area contributed by atoms with Crippen LogP contribution in [0.15, 0.2) is 5.38 Å². The van der Waals surface area contributed by atoms with Crippen LogP contribution in [-0.4, -0.2) is 9.97 Å². The minimum atomic E-state index is -0.323. The van der Waals surface area contributed by atoms with Crippen LogP contribution in [0.3, 0.4) is 0 Å². The highest BCUT2D eigenvalue weighted by Crippen LogP contribution is 2.33. The molecule has 2 N–H and O–H groups in total. The maximum atomic E-state index is 6.21. The van der Waals surface area contributed by atoms with Crippen LogP contribution < -0.4 is 5.73 Å². The first-order chi connectivity index (χ1) is 7.94. The second kappa shape index (κ2) is 4.48. The summed E-state index contributed by atoms with van der Waals surface area (Å²) >= 11 is 3.33. The van der Waals surface area contributed by atoms with Gasteiger partial charge in [-0.3, -0.25) is 0 Å². The van der Waals surface area contributed by atoms with E-state index in [4.69, 9.17) is 5.73 Å². The second-order valence-corrected chi connectivity index (χ2v) is 6.52. The van der Waals surface area contributed by atoms with E-state index in [1.54, 1.807) is 22.7 Å². The Balaban J connectivity index is 2.40. The summed E-state index contributed by atoms with van der Waals surface area (Å²) in [6.07, 6.45) is 0.890. The third-order valence-electron chi connectivity index (χ3n) is 2.86. The van der Waals surface area contributed by atoms with Gasteiger partial charge in [-0.05, 0) is 27.2 Å². The lowest BCUT2D eigenvalue weighted by Gasteiger charge is -2.18. The van der Waals surface area contributed by atoms with Crippen molar-refractivity contribution in [3.05, 3.63) is 21.1 Å². The van der Waals surface area contributed by atoms with Crippen LogP contribution in [0.4, 0.5) is 0 Å². The molecule has 3 nitrogen and oxygen atoms in total. The lowest BCUT2D eigenvalue weighted by Crippen LogP contribution is -2.31. The van der Waals surface area contributed by atoms with Crippen molar-refractivity contribution in [1.29, 1.82) is 0 Å². The standard InChI is InChI=1S/C12H17N3S2/c1-5-12(4,13)11-15-9(6-16-11)10-7(2)14-8(3)17-10/h6H,5,13H2,1-4H3. The van der Waals surface area contributed by atoms with E-state index < -0.39 is 0 Å². The summed E-state index contributed by atoms with van der Waals surface area (Å²) in [6, 6.07) is 0. The van der Waals surface area contributed by atoms with Gasteiger partial charge in [-0.1, -0.05) is 6.92 Å². The monoisotopic (exact) mass is 267 g/mol. The molecular weight excluding hydrogens is 250 g/mol. The molecule has 5 heteroatoms. The van der Waals surface area contributed by atoms with Crippen molar-refractivity contribution < 1.29 is 0 Å². The third-order valence-corrected chi connectivity index (χ3v) is 5.08. The summed E-state index contributed by atoms with van der Waals surface area (Å²) in [4.78, 5) is 10.3. The Hall–Kier alpha value is -0.780. The fourth-order valence-corrected chi connectivity index (χ4v) is 3.47. The van der Waals surface area contributed by atoms with Gasteiger partial charge in [0.05, 0.1) is 26.8 Å². The van der Waals surface area contributed by atoms with Crippen molar-refractivity contribution in [2.24, 2.45) is 5.73 Å². The quantitative estimate of drug-likeness (QED) is 0.926. The van der Waals surface area contributed by atoms with E-state index in [1.807, 2.05) is 20.8 Å². The highest BCUT2D eigenvalue weighted by atomic mass is 32.1. The molecule has 0 radical (unpaired) electrons. The molecule has 2 aromatic rings. The van der Waals surface area contributed by atoms with E-state index in [1.165, 1.54) is 0 Å². The average Bonchev–Trinajstić information content (AvgIpc) is 2.85. The van der Waals surface area contributed by atoms with Gasteiger partial charge in [-0.15, -0.1) is 22.7 Å². The molecule has 0 fully saturated rings. The molecule has 2 aromatic heterocycles. The number of nitrogens with two attached hydrogens (primary N) is 1. The minimum Gasteiger partial charge on any atom is -0.320 e. The first-order valence-corrected chi connectivity index (χ1v) is 7.33. The number of hydrogen-bond acceptors (Lipinski definition) is 5. The molecule has 0 aliphatic carbocycles. The molecule has 0 spiro atoms. The Morgan fingerprint density at radius 2 is 2.06 bits per heavy atom. The fraction of sp³-hybridized carbons (Fsp3) is 0.500. The molecule has 92 valence electrons. The number of rotatable bonds is 3. The maximum absolute atomic E-state index is 6.21. The average molecular weight is 267 g/mol. The molecule has 17 heavy (non-hydrogen) atoms. The predicted octanol–water partition coefficient (Wildman–Crippen LogP) is 3.47. The van der Waals surface area contributed by atoms with E-state index >= 15 is 0 Å². The Morgan fingerprint density at radius 1 is 1.35 bits per heavy atom. The zero-order chi connectivity index (χ0) is 12.6. The second-order valence-electron chi connectivity index (χ2n) is 4.46. The lowest BCUT2D eigenvalue weighted by molar-refractivity contribution is 0.474. The number of hydrogen-bond donors (Lipinski definition) is 1. The topological polar surface area (TPSA) is 51.8 Å². The molecule has 0 saturated carbocycles. The molecule has 0 aliphatic rings. The van der Waals surface area contributed by atoms with Crippen LogP contribution in [0.2, 0.25) is 0 Å². The summed E-state index contributed by atoms with van der Waals surface area (Å²) in [5.41, 5.74) is 7.95. The Bertz CT molecular complexity index is 526. The Labute approximate surface area is 110 Å². The van der Waals surface area contributed by atoms with Gasteiger partial charge >= 0.3 is 0 Å². The SMILES string of the molecule is CCC(C)(N)c1nc(-c2sc(C)nc2C)cs1. The van der Waals surface area contributed by atoms with Crippen molar-refractivity contribution in [2.75, 3.05) is 0 Å². The van der Waals surface area contributed by atoms with Crippen molar-refractivity contribution in [1.82, 2.24) is 9.97 Å². The minimum absolute atomic E-state index is 0.323. The zero-order valence-electron chi connectivity index (χ0n) is 10.6. The van der Waals surface area contributed by atoms with Crippen LogP contribution >= 0.6 is 22.7 Å². The third kappa shape index (κ3) is 2.41. The summed E-state index contributed by atoms with van der Waals surface area (Å²) < 4.78 is 0. The van der Waals surface area contributed by atoms with Crippen LogP contribution in [0.25, 0.3) is 10.6 Å². The van der Waals surface area contributed by atoms with Gasteiger partial charge in [-0.25, -0.2) is 9.97 Å². The van der Waals surface area contributed by atoms with Crippen molar-refractivity contribution >= 4 is 22.7 Å². The van der Waals surface area contributed by atoms with Crippen molar-refractivity contribution in [2.45, 2.75) is 39.7 Å². The van der Waals surface area contributed by atoms with E-state index in [-0.39, 0.29) is 5.54 Å². The molecule has 1 atom stereocenters.